The third kappa shape index (κ3) is 7.62. The number of carbonyl (C=O) groups is 3. The van der Waals surface area contributed by atoms with Gasteiger partial charge in [0.15, 0.2) is 0 Å². The molecule has 1 rings (SSSR count). The molecule has 0 spiro atoms. The van der Waals surface area contributed by atoms with Crippen molar-refractivity contribution in [2.75, 3.05) is 0 Å². The van der Waals surface area contributed by atoms with Gasteiger partial charge >= 0.3 is 11.9 Å². The van der Waals surface area contributed by atoms with Crippen molar-refractivity contribution in [2.45, 2.75) is 90.3 Å². The number of esters is 2. The fraction of sp³-hybridized carbons (Fsp3) is 0.833. The average Bonchev–Trinajstić information content (AvgIpc) is 2.89. The zero-order chi connectivity index (χ0) is 17.1. The molecule has 1 saturated carbocycles. The molecule has 1 aliphatic carbocycles. The molecule has 23 heavy (non-hydrogen) atoms. The first-order chi connectivity index (χ1) is 11.1. The van der Waals surface area contributed by atoms with Crippen molar-refractivity contribution in [3.05, 3.63) is 0 Å². The molecule has 0 heterocycles. The number of carbonyl (C=O) groups excluding carboxylic acids is 3. The van der Waals surface area contributed by atoms with Crippen molar-refractivity contribution in [3.63, 3.8) is 0 Å². The Morgan fingerprint density at radius 1 is 0.913 bits per heavy atom. The Hall–Kier alpha value is -1.39. The zero-order valence-electron chi connectivity index (χ0n) is 14.4. The predicted molar refractivity (Wildman–Crippen MR) is 86.8 cm³/mol. The fourth-order valence-electron chi connectivity index (χ4n) is 2.87. The molecule has 1 fully saturated rings. The minimum atomic E-state index is -0.449. The van der Waals surface area contributed by atoms with Gasteiger partial charge in [0.2, 0.25) is 0 Å². The lowest BCUT2D eigenvalue weighted by molar-refractivity contribution is -0.152. The van der Waals surface area contributed by atoms with E-state index in [1.807, 2.05) is 0 Å². The molecule has 0 bridgehead atoms. The number of unbranched alkanes of at least 4 members (excludes halogenated alkanes) is 4. The maximum absolute atomic E-state index is 11.8. The van der Waals surface area contributed by atoms with Gasteiger partial charge in [-0.05, 0) is 19.3 Å². The van der Waals surface area contributed by atoms with Gasteiger partial charge in [-0.25, -0.2) is 0 Å². The monoisotopic (exact) mass is 326 g/mol. The summed E-state index contributed by atoms with van der Waals surface area (Å²) < 4.78 is 10.8. The molecular formula is C18H30O5. The van der Waals surface area contributed by atoms with Crippen LogP contribution in [-0.4, -0.2) is 30.4 Å². The molecule has 1 aliphatic rings. The first-order valence-electron chi connectivity index (χ1n) is 8.94. The molecule has 0 aromatic rings. The van der Waals surface area contributed by atoms with E-state index >= 15 is 0 Å². The highest BCUT2D eigenvalue weighted by molar-refractivity contribution is 5.71. The van der Waals surface area contributed by atoms with Gasteiger partial charge in [0, 0.05) is 19.3 Å². The number of rotatable bonds is 11. The van der Waals surface area contributed by atoms with Crippen LogP contribution in [0.15, 0.2) is 0 Å². The van der Waals surface area contributed by atoms with Crippen LogP contribution in [0, 0.1) is 5.92 Å². The Bertz CT molecular complexity index is 380. The minimum absolute atomic E-state index is 0.219. The second kappa shape index (κ2) is 11.2. The van der Waals surface area contributed by atoms with Crippen LogP contribution in [0.4, 0.5) is 0 Å². The van der Waals surface area contributed by atoms with Gasteiger partial charge in [-0.3, -0.25) is 9.59 Å². The van der Waals surface area contributed by atoms with Gasteiger partial charge in [-0.1, -0.05) is 39.5 Å². The van der Waals surface area contributed by atoms with Gasteiger partial charge < -0.3 is 14.3 Å². The molecule has 3 unspecified atom stereocenters. The molecule has 0 saturated heterocycles. The van der Waals surface area contributed by atoms with Crippen LogP contribution in [0.2, 0.25) is 0 Å². The molecule has 0 radical (unpaired) electrons. The topological polar surface area (TPSA) is 69.7 Å². The molecule has 0 aliphatic heterocycles. The lowest BCUT2D eigenvalue weighted by atomic mass is 10.1. The third-order valence-electron chi connectivity index (χ3n) is 4.23. The Kier molecular flexibility index (Phi) is 9.57. The molecule has 3 atom stereocenters. The van der Waals surface area contributed by atoms with Gasteiger partial charge in [0.25, 0.3) is 0 Å². The average molecular weight is 326 g/mol. The number of hydrogen-bond acceptors (Lipinski definition) is 5. The number of ether oxygens (including phenoxy) is 2. The van der Waals surface area contributed by atoms with Crippen molar-refractivity contribution in [3.8, 4) is 0 Å². The largest absolute Gasteiger partial charge is 0.462 e. The molecule has 5 heteroatoms. The summed E-state index contributed by atoms with van der Waals surface area (Å²) in [5, 5.41) is 0. The van der Waals surface area contributed by atoms with E-state index in [1.165, 1.54) is 0 Å². The van der Waals surface area contributed by atoms with Crippen molar-refractivity contribution >= 4 is 18.2 Å². The van der Waals surface area contributed by atoms with Crippen molar-refractivity contribution in [2.24, 2.45) is 5.92 Å². The molecule has 132 valence electrons. The standard InChI is InChI=1S/C18H30O5/c1-3-5-7-9-17(20)22-15-11-14(13-19)16(12-15)23-18(21)10-8-6-4-2/h13-16H,3-12H2,1-2H3. The van der Waals surface area contributed by atoms with E-state index in [-0.39, 0.29) is 24.0 Å². The van der Waals surface area contributed by atoms with E-state index in [9.17, 15) is 14.4 Å². The molecule has 0 aromatic heterocycles. The summed E-state index contributed by atoms with van der Waals surface area (Å²) in [6.07, 6.45) is 7.48. The van der Waals surface area contributed by atoms with E-state index in [0.29, 0.717) is 25.7 Å². The van der Waals surface area contributed by atoms with Crippen LogP contribution in [0.3, 0.4) is 0 Å². The second-order valence-electron chi connectivity index (χ2n) is 6.33. The lowest BCUT2D eigenvalue weighted by Gasteiger charge is -2.15. The lowest BCUT2D eigenvalue weighted by Crippen LogP contribution is -2.23. The minimum Gasteiger partial charge on any atom is -0.462 e. The van der Waals surface area contributed by atoms with Gasteiger partial charge in [0.05, 0.1) is 5.92 Å². The zero-order valence-corrected chi connectivity index (χ0v) is 14.4. The summed E-state index contributed by atoms with van der Waals surface area (Å²) in [5.41, 5.74) is 0. The molecular weight excluding hydrogens is 296 g/mol. The highest BCUT2D eigenvalue weighted by Crippen LogP contribution is 2.30. The van der Waals surface area contributed by atoms with Crippen LogP contribution in [0.1, 0.15) is 78.1 Å². The second-order valence-corrected chi connectivity index (χ2v) is 6.33. The summed E-state index contributed by atoms with van der Waals surface area (Å²) in [7, 11) is 0. The predicted octanol–water partition coefficient (Wildman–Crippen LogP) is 3.58. The summed E-state index contributed by atoms with van der Waals surface area (Å²) >= 11 is 0. The Labute approximate surface area is 139 Å². The number of aldehydes is 1. The highest BCUT2D eigenvalue weighted by Gasteiger charge is 2.38. The summed E-state index contributed by atoms with van der Waals surface area (Å²) in [5.74, 6) is -0.841. The summed E-state index contributed by atoms with van der Waals surface area (Å²) in [6, 6.07) is 0. The van der Waals surface area contributed by atoms with E-state index in [0.717, 1.165) is 44.8 Å². The van der Waals surface area contributed by atoms with Crippen molar-refractivity contribution < 1.29 is 23.9 Å². The molecule has 0 amide bonds. The Morgan fingerprint density at radius 3 is 2.00 bits per heavy atom. The molecule has 0 aromatic carbocycles. The Morgan fingerprint density at radius 2 is 1.48 bits per heavy atom. The molecule has 0 N–H and O–H groups in total. The van der Waals surface area contributed by atoms with Crippen LogP contribution >= 0.6 is 0 Å². The summed E-state index contributed by atoms with van der Waals surface area (Å²) in [4.78, 5) is 34.7. The van der Waals surface area contributed by atoms with Gasteiger partial charge in [0.1, 0.15) is 18.5 Å². The maximum atomic E-state index is 11.8. The van der Waals surface area contributed by atoms with E-state index < -0.39 is 6.10 Å². The van der Waals surface area contributed by atoms with Crippen LogP contribution in [-0.2, 0) is 23.9 Å². The van der Waals surface area contributed by atoms with Crippen LogP contribution in [0.5, 0.6) is 0 Å². The summed E-state index contributed by atoms with van der Waals surface area (Å²) in [6.45, 7) is 4.15. The third-order valence-corrected chi connectivity index (χ3v) is 4.23. The normalized spacial score (nSPS) is 23.5. The van der Waals surface area contributed by atoms with E-state index in [1.54, 1.807) is 0 Å². The molecule has 5 nitrogen and oxygen atoms in total. The maximum Gasteiger partial charge on any atom is 0.306 e. The first-order valence-corrected chi connectivity index (χ1v) is 8.94. The van der Waals surface area contributed by atoms with Crippen LogP contribution in [0.25, 0.3) is 0 Å². The van der Waals surface area contributed by atoms with Crippen molar-refractivity contribution in [1.29, 1.82) is 0 Å². The quantitative estimate of drug-likeness (QED) is 0.330. The smallest absolute Gasteiger partial charge is 0.306 e. The SMILES string of the molecule is CCCCCC(=O)OC1CC(C=O)C(OC(=O)CCCCC)C1. The highest BCUT2D eigenvalue weighted by atomic mass is 16.6. The van der Waals surface area contributed by atoms with Gasteiger partial charge in [-0.2, -0.15) is 0 Å². The fourth-order valence-corrected chi connectivity index (χ4v) is 2.87. The van der Waals surface area contributed by atoms with Crippen molar-refractivity contribution in [1.82, 2.24) is 0 Å². The van der Waals surface area contributed by atoms with Gasteiger partial charge in [-0.15, -0.1) is 0 Å². The van der Waals surface area contributed by atoms with E-state index in [4.69, 9.17) is 9.47 Å². The van der Waals surface area contributed by atoms with Crippen LogP contribution < -0.4 is 0 Å². The Balaban J connectivity index is 2.36. The first kappa shape index (κ1) is 19.7. The van der Waals surface area contributed by atoms with E-state index in [2.05, 4.69) is 13.8 Å². The number of hydrogen-bond donors (Lipinski definition) is 0.